The highest BCUT2D eigenvalue weighted by molar-refractivity contribution is 5.80. The molecule has 0 bridgehead atoms. The van der Waals surface area contributed by atoms with Crippen molar-refractivity contribution >= 4 is 12.1 Å². The normalized spacial score (nSPS) is 12.7. The number of alkyl carbamates (subject to hydrolysis) is 1. The molecule has 9 heteroatoms. The third-order valence-corrected chi connectivity index (χ3v) is 3.72. The third-order valence-electron chi connectivity index (χ3n) is 3.72. The largest absolute Gasteiger partial charge is 0.480 e. The lowest BCUT2D eigenvalue weighted by Crippen LogP contribution is -2.44. The van der Waals surface area contributed by atoms with E-state index in [1.54, 1.807) is 32.9 Å². The van der Waals surface area contributed by atoms with Gasteiger partial charge in [-0.25, -0.2) is 9.59 Å². The zero-order valence-corrected chi connectivity index (χ0v) is 16.6. The van der Waals surface area contributed by atoms with Crippen LogP contribution in [-0.2, 0) is 22.1 Å². The van der Waals surface area contributed by atoms with E-state index >= 15 is 0 Å². The molecule has 0 heterocycles. The Morgan fingerprint density at radius 3 is 2.20 bits per heavy atom. The second kappa shape index (κ2) is 9.06. The first kappa shape index (κ1) is 23.1. The molecule has 2 N–H and O–H groups in total. The van der Waals surface area contributed by atoms with E-state index in [1.165, 1.54) is 24.3 Å². The Morgan fingerprint density at radius 2 is 1.63 bits per heavy atom. The van der Waals surface area contributed by atoms with Crippen molar-refractivity contribution in [3.05, 3.63) is 59.7 Å². The molecule has 2 aromatic rings. The topological polar surface area (TPSA) is 84.9 Å². The second-order valence-electron chi connectivity index (χ2n) is 7.52. The number of carboxylic acids is 1. The van der Waals surface area contributed by atoms with Crippen LogP contribution in [0.5, 0.6) is 11.5 Å². The van der Waals surface area contributed by atoms with Crippen molar-refractivity contribution in [1.82, 2.24) is 5.32 Å². The maximum atomic E-state index is 12.8. The van der Waals surface area contributed by atoms with E-state index < -0.39 is 35.4 Å². The van der Waals surface area contributed by atoms with Crippen LogP contribution in [0.4, 0.5) is 18.0 Å². The van der Waals surface area contributed by atoms with Crippen LogP contribution < -0.4 is 10.1 Å². The zero-order valence-electron chi connectivity index (χ0n) is 16.6. The van der Waals surface area contributed by atoms with Crippen LogP contribution >= 0.6 is 0 Å². The fourth-order valence-corrected chi connectivity index (χ4v) is 2.49. The van der Waals surface area contributed by atoms with Gasteiger partial charge in [0.2, 0.25) is 0 Å². The van der Waals surface area contributed by atoms with Crippen LogP contribution in [0.15, 0.2) is 48.5 Å². The summed E-state index contributed by atoms with van der Waals surface area (Å²) in [6.45, 7) is 4.95. The summed E-state index contributed by atoms with van der Waals surface area (Å²) in [7, 11) is 0. The minimum atomic E-state index is -4.50. The summed E-state index contributed by atoms with van der Waals surface area (Å²) in [5.74, 6) is -1.04. The molecule has 30 heavy (non-hydrogen) atoms. The molecule has 0 aliphatic carbocycles. The predicted octanol–water partition coefficient (Wildman–Crippen LogP) is 5.02. The van der Waals surface area contributed by atoms with Crippen LogP contribution in [0.3, 0.4) is 0 Å². The maximum absolute atomic E-state index is 12.8. The highest BCUT2D eigenvalue weighted by Crippen LogP contribution is 2.32. The van der Waals surface area contributed by atoms with Gasteiger partial charge in [-0.3, -0.25) is 0 Å². The Morgan fingerprint density at radius 1 is 1.03 bits per heavy atom. The average molecular weight is 425 g/mol. The van der Waals surface area contributed by atoms with Gasteiger partial charge < -0.3 is 19.9 Å². The van der Waals surface area contributed by atoms with E-state index in [0.29, 0.717) is 5.56 Å². The Kier molecular flexibility index (Phi) is 6.96. The van der Waals surface area contributed by atoms with Gasteiger partial charge in [0, 0.05) is 6.42 Å². The van der Waals surface area contributed by atoms with Crippen LogP contribution in [-0.4, -0.2) is 28.8 Å². The minimum absolute atomic E-state index is 0.0105. The standard InChI is InChI=1S/C21H22F3NO5/c1-20(2,3)30-19(28)25-17(18(26)27)11-13-6-4-8-15(10-13)29-16-9-5-7-14(12-16)21(22,23)24/h4-10,12,17H,11H2,1-3H3,(H,25,28)(H,26,27). The first-order chi connectivity index (χ1) is 13.8. The predicted molar refractivity (Wildman–Crippen MR) is 102 cm³/mol. The molecule has 2 aromatic carbocycles. The van der Waals surface area contributed by atoms with Crippen molar-refractivity contribution in [3.63, 3.8) is 0 Å². The number of halogens is 3. The summed E-state index contributed by atoms with van der Waals surface area (Å²) >= 11 is 0. The SMILES string of the molecule is CC(C)(C)OC(=O)NC(Cc1cccc(Oc2cccc(C(F)(F)F)c2)c1)C(=O)O. The van der Waals surface area contributed by atoms with E-state index in [9.17, 15) is 27.9 Å². The van der Waals surface area contributed by atoms with Crippen LogP contribution in [0.1, 0.15) is 31.9 Å². The molecule has 0 spiro atoms. The van der Waals surface area contributed by atoms with E-state index in [0.717, 1.165) is 12.1 Å². The maximum Gasteiger partial charge on any atom is 0.416 e. The van der Waals surface area contributed by atoms with E-state index in [-0.39, 0.29) is 17.9 Å². The van der Waals surface area contributed by atoms with Gasteiger partial charge in [0.15, 0.2) is 0 Å². The summed E-state index contributed by atoms with van der Waals surface area (Å²) in [5.41, 5.74) is -1.13. The van der Waals surface area contributed by atoms with Gasteiger partial charge in [-0.2, -0.15) is 13.2 Å². The number of carbonyl (C=O) groups excluding carboxylic acids is 1. The van der Waals surface area contributed by atoms with Crippen LogP contribution in [0, 0.1) is 0 Å². The summed E-state index contributed by atoms with van der Waals surface area (Å²) in [6, 6.07) is 9.37. The number of carboxylic acid groups (broad SMARTS) is 1. The highest BCUT2D eigenvalue weighted by atomic mass is 19.4. The van der Waals surface area contributed by atoms with Gasteiger partial charge in [-0.05, 0) is 56.7 Å². The Hall–Kier alpha value is -3.23. The number of hydrogen-bond donors (Lipinski definition) is 2. The van der Waals surface area contributed by atoms with Crippen molar-refractivity contribution in [2.24, 2.45) is 0 Å². The number of amides is 1. The molecular formula is C21H22F3NO5. The lowest BCUT2D eigenvalue weighted by Gasteiger charge is -2.22. The highest BCUT2D eigenvalue weighted by Gasteiger charge is 2.30. The van der Waals surface area contributed by atoms with E-state index in [1.807, 2.05) is 0 Å². The van der Waals surface area contributed by atoms with Crippen molar-refractivity contribution < 1.29 is 37.3 Å². The number of nitrogens with one attached hydrogen (secondary N) is 1. The van der Waals surface area contributed by atoms with Gasteiger partial charge in [-0.1, -0.05) is 18.2 Å². The van der Waals surface area contributed by atoms with Gasteiger partial charge >= 0.3 is 18.2 Å². The van der Waals surface area contributed by atoms with Crippen molar-refractivity contribution in [3.8, 4) is 11.5 Å². The third kappa shape index (κ3) is 7.31. The lowest BCUT2D eigenvalue weighted by molar-refractivity contribution is -0.139. The molecule has 0 radical (unpaired) electrons. The zero-order chi connectivity index (χ0) is 22.5. The number of rotatable bonds is 6. The molecule has 0 aliphatic heterocycles. The van der Waals surface area contributed by atoms with E-state index in [2.05, 4.69) is 5.32 Å². The molecule has 0 fully saturated rings. The molecule has 0 saturated carbocycles. The van der Waals surface area contributed by atoms with Gasteiger partial charge in [-0.15, -0.1) is 0 Å². The fourth-order valence-electron chi connectivity index (χ4n) is 2.49. The van der Waals surface area contributed by atoms with Gasteiger partial charge in [0.1, 0.15) is 23.1 Å². The molecule has 2 rings (SSSR count). The number of ether oxygens (including phenoxy) is 2. The number of benzene rings is 2. The Balaban J connectivity index is 2.12. The summed E-state index contributed by atoms with van der Waals surface area (Å²) in [4.78, 5) is 23.4. The van der Waals surface area contributed by atoms with Crippen molar-refractivity contribution in [2.75, 3.05) is 0 Å². The summed E-state index contributed by atoms with van der Waals surface area (Å²) in [6.07, 6.45) is -5.44. The second-order valence-corrected chi connectivity index (χ2v) is 7.52. The van der Waals surface area contributed by atoms with Gasteiger partial charge in [0.25, 0.3) is 0 Å². The quantitative estimate of drug-likeness (QED) is 0.679. The Bertz CT molecular complexity index is 906. The average Bonchev–Trinajstić information content (AvgIpc) is 2.59. The van der Waals surface area contributed by atoms with Crippen molar-refractivity contribution in [2.45, 2.75) is 45.0 Å². The number of carbonyl (C=O) groups is 2. The first-order valence-corrected chi connectivity index (χ1v) is 9.00. The lowest BCUT2D eigenvalue weighted by atomic mass is 10.1. The molecule has 0 aliphatic rings. The van der Waals surface area contributed by atoms with Crippen molar-refractivity contribution in [1.29, 1.82) is 0 Å². The van der Waals surface area contributed by atoms with Gasteiger partial charge in [0.05, 0.1) is 5.56 Å². The molecule has 6 nitrogen and oxygen atoms in total. The molecule has 1 atom stereocenters. The number of hydrogen-bond acceptors (Lipinski definition) is 4. The molecule has 0 aromatic heterocycles. The molecule has 1 amide bonds. The van der Waals surface area contributed by atoms with E-state index in [4.69, 9.17) is 9.47 Å². The minimum Gasteiger partial charge on any atom is -0.480 e. The Labute approximate surface area is 171 Å². The molecule has 162 valence electrons. The molecule has 1 unspecified atom stereocenters. The smallest absolute Gasteiger partial charge is 0.416 e. The van der Waals surface area contributed by atoms with Crippen LogP contribution in [0.2, 0.25) is 0 Å². The van der Waals surface area contributed by atoms with Crippen LogP contribution in [0.25, 0.3) is 0 Å². The monoisotopic (exact) mass is 425 g/mol. The summed E-state index contributed by atoms with van der Waals surface area (Å²) < 4.78 is 49.1. The fraction of sp³-hybridized carbons (Fsp3) is 0.333. The number of aliphatic carboxylic acids is 1. The summed E-state index contributed by atoms with van der Waals surface area (Å²) in [5, 5.41) is 11.7. The molecule has 0 saturated heterocycles. The molecular weight excluding hydrogens is 403 g/mol. The number of alkyl halides is 3. The first-order valence-electron chi connectivity index (χ1n) is 9.00.